The number of anilines is 1. The Morgan fingerprint density at radius 1 is 1.33 bits per heavy atom. The van der Waals surface area contributed by atoms with Crippen molar-refractivity contribution < 1.29 is 14.6 Å². The van der Waals surface area contributed by atoms with Crippen molar-refractivity contribution in [2.45, 2.75) is 6.61 Å². The highest BCUT2D eigenvalue weighted by Gasteiger charge is 2.15. The second kappa shape index (κ2) is 2.57. The molecule has 0 saturated heterocycles. The third-order valence-electron chi connectivity index (χ3n) is 1.80. The van der Waals surface area contributed by atoms with Crippen LogP contribution >= 0.6 is 0 Å². The van der Waals surface area contributed by atoms with Gasteiger partial charge in [-0.3, -0.25) is 0 Å². The summed E-state index contributed by atoms with van der Waals surface area (Å²) in [6, 6.07) is 3.35. The molecule has 12 heavy (non-hydrogen) atoms. The zero-order valence-electron chi connectivity index (χ0n) is 6.41. The second-order valence-corrected chi connectivity index (χ2v) is 2.56. The van der Waals surface area contributed by atoms with Crippen molar-refractivity contribution in [2.75, 3.05) is 12.5 Å². The molecular formula is C8H9NO3. The zero-order valence-corrected chi connectivity index (χ0v) is 6.41. The van der Waals surface area contributed by atoms with Crippen LogP contribution in [0.4, 0.5) is 5.69 Å². The van der Waals surface area contributed by atoms with Gasteiger partial charge in [0, 0.05) is 17.3 Å². The van der Waals surface area contributed by atoms with Gasteiger partial charge in [-0.25, -0.2) is 0 Å². The van der Waals surface area contributed by atoms with Crippen molar-refractivity contribution >= 4 is 5.69 Å². The molecule has 0 aliphatic carbocycles. The molecule has 1 aromatic rings. The molecule has 1 heterocycles. The zero-order chi connectivity index (χ0) is 8.55. The first-order valence-corrected chi connectivity index (χ1v) is 3.60. The van der Waals surface area contributed by atoms with E-state index in [1.54, 1.807) is 12.1 Å². The van der Waals surface area contributed by atoms with E-state index >= 15 is 0 Å². The second-order valence-electron chi connectivity index (χ2n) is 2.56. The summed E-state index contributed by atoms with van der Waals surface area (Å²) in [6.45, 7) is 0.145. The number of aliphatic hydroxyl groups is 1. The molecule has 0 saturated carbocycles. The fraction of sp³-hybridized carbons (Fsp3) is 0.250. The largest absolute Gasteiger partial charge is 0.454 e. The molecule has 0 bridgehead atoms. The normalized spacial score (nSPS) is 13.4. The maximum absolute atomic E-state index is 8.87. The maximum Gasteiger partial charge on any atom is 0.231 e. The van der Waals surface area contributed by atoms with Crippen LogP contribution < -0.4 is 15.2 Å². The molecule has 0 radical (unpaired) electrons. The van der Waals surface area contributed by atoms with Crippen LogP contribution in [0.2, 0.25) is 0 Å². The smallest absolute Gasteiger partial charge is 0.231 e. The Morgan fingerprint density at radius 3 is 2.67 bits per heavy atom. The Morgan fingerprint density at radius 2 is 2.00 bits per heavy atom. The third kappa shape index (κ3) is 0.967. The van der Waals surface area contributed by atoms with E-state index in [1.807, 2.05) is 0 Å². The Balaban J connectivity index is 2.49. The highest BCUT2D eigenvalue weighted by molar-refractivity contribution is 5.58. The van der Waals surface area contributed by atoms with Crippen LogP contribution in [0.1, 0.15) is 5.56 Å². The van der Waals surface area contributed by atoms with Gasteiger partial charge in [-0.15, -0.1) is 0 Å². The van der Waals surface area contributed by atoms with E-state index in [2.05, 4.69) is 0 Å². The average molecular weight is 167 g/mol. The number of fused-ring (bicyclic) bond motifs is 1. The lowest BCUT2D eigenvalue weighted by atomic mass is 10.1. The quantitative estimate of drug-likeness (QED) is 0.597. The van der Waals surface area contributed by atoms with E-state index in [-0.39, 0.29) is 13.4 Å². The molecule has 4 heteroatoms. The first-order valence-electron chi connectivity index (χ1n) is 3.60. The Kier molecular flexibility index (Phi) is 1.55. The van der Waals surface area contributed by atoms with Gasteiger partial charge >= 0.3 is 0 Å². The summed E-state index contributed by atoms with van der Waals surface area (Å²) in [5, 5.41) is 8.87. The minimum Gasteiger partial charge on any atom is -0.454 e. The van der Waals surface area contributed by atoms with Crippen molar-refractivity contribution in [1.29, 1.82) is 0 Å². The van der Waals surface area contributed by atoms with Crippen LogP contribution in [0.5, 0.6) is 11.5 Å². The monoisotopic (exact) mass is 167 g/mol. The summed E-state index contributed by atoms with van der Waals surface area (Å²) in [4.78, 5) is 0. The number of benzene rings is 1. The lowest BCUT2D eigenvalue weighted by Crippen LogP contribution is -1.93. The number of nitrogens with two attached hydrogens (primary N) is 1. The van der Waals surface area contributed by atoms with Gasteiger partial charge in [-0.2, -0.15) is 0 Å². The van der Waals surface area contributed by atoms with Crippen molar-refractivity contribution in [3.8, 4) is 11.5 Å². The highest BCUT2D eigenvalue weighted by atomic mass is 16.7. The topological polar surface area (TPSA) is 64.7 Å². The van der Waals surface area contributed by atoms with E-state index in [9.17, 15) is 0 Å². The van der Waals surface area contributed by atoms with Crippen molar-refractivity contribution in [3.05, 3.63) is 17.7 Å². The number of ether oxygens (including phenoxy) is 2. The summed E-state index contributed by atoms with van der Waals surface area (Å²) >= 11 is 0. The minimum absolute atomic E-state index is 0.0809. The van der Waals surface area contributed by atoms with Gasteiger partial charge in [0.25, 0.3) is 0 Å². The average Bonchev–Trinajstić information content (AvgIpc) is 2.49. The molecular weight excluding hydrogens is 158 g/mol. The number of hydrogen-bond acceptors (Lipinski definition) is 4. The molecule has 4 nitrogen and oxygen atoms in total. The lowest BCUT2D eigenvalue weighted by molar-refractivity contribution is 0.174. The van der Waals surface area contributed by atoms with Crippen LogP contribution in [0, 0.1) is 0 Å². The lowest BCUT2D eigenvalue weighted by Gasteiger charge is -2.03. The van der Waals surface area contributed by atoms with Gasteiger partial charge in [-0.05, 0) is 6.07 Å². The molecule has 2 rings (SSSR count). The Hall–Kier alpha value is -1.42. The van der Waals surface area contributed by atoms with Crippen LogP contribution in [-0.4, -0.2) is 11.9 Å². The van der Waals surface area contributed by atoms with E-state index in [0.29, 0.717) is 22.7 Å². The summed E-state index contributed by atoms with van der Waals surface area (Å²) in [5.41, 5.74) is 6.80. The van der Waals surface area contributed by atoms with Gasteiger partial charge in [0.05, 0.1) is 6.61 Å². The van der Waals surface area contributed by atoms with Gasteiger partial charge in [0.15, 0.2) is 11.5 Å². The Bertz CT molecular complexity index is 311. The van der Waals surface area contributed by atoms with Gasteiger partial charge < -0.3 is 20.3 Å². The maximum atomic E-state index is 8.87. The van der Waals surface area contributed by atoms with E-state index < -0.39 is 0 Å². The van der Waals surface area contributed by atoms with E-state index in [0.717, 1.165) is 0 Å². The predicted molar refractivity (Wildman–Crippen MR) is 42.9 cm³/mol. The van der Waals surface area contributed by atoms with Gasteiger partial charge in [-0.1, -0.05) is 0 Å². The minimum atomic E-state index is -0.0809. The molecule has 1 aliphatic rings. The van der Waals surface area contributed by atoms with Crippen molar-refractivity contribution in [2.24, 2.45) is 0 Å². The number of hydrogen-bond donors (Lipinski definition) is 2. The summed E-state index contributed by atoms with van der Waals surface area (Å²) < 4.78 is 10.2. The fourth-order valence-corrected chi connectivity index (χ4v) is 1.14. The van der Waals surface area contributed by atoms with Crippen LogP contribution in [0.15, 0.2) is 12.1 Å². The predicted octanol–water partition coefficient (Wildman–Crippen LogP) is 0.490. The molecule has 1 aliphatic heterocycles. The first kappa shape index (κ1) is 7.24. The molecule has 0 fully saturated rings. The molecule has 3 N–H and O–H groups in total. The van der Waals surface area contributed by atoms with Gasteiger partial charge in [0.1, 0.15) is 0 Å². The van der Waals surface area contributed by atoms with Crippen LogP contribution in [0.3, 0.4) is 0 Å². The SMILES string of the molecule is Nc1cc2c(cc1CO)OCO2. The summed E-state index contributed by atoms with van der Waals surface area (Å²) in [5.74, 6) is 1.29. The van der Waals surface area contributed by atoms with Crippen LogP contribution in [0.25, 0.3) is 0 Å². The van der Waals surface area contributed by atoms with E-state index in [4.69, 9.17) is 20.3 Å². The molecule has 0 amide bonds. The Labute approximate surface area is 69.5 Å². The highest BCUT2D eigenvalue weighted by Crippen LogP contribution is 2.35. The first-order chi connectivity index (χ1) is 5.81. The molecule has 0 spiro atoms. The molecule has 0 atom stereocenters. The number of nitrogen functional groups attached to an aromatic ring is 1. The number of rotatable bonds is 1. The molecule has 64 valence electrons. The third-order valence-corrected chi connectivity index (χ3v) is 1.80. The van der Waals surface area contributed by atoms with Crippen LogP contribution in [-0.2, 0) is 6.61 Å². The van der Waals surface area contributed by atoms with E-state index in [1.165, 1.54) is 0 Å². The molecule has 0 aromatic heterocycles. The molecule has 0 unspecified atom stereocenters. The fourth-order valence-electron chi connectivity index (χ4n) is 1.14. The summed E-state index contributed by atoms with van der Waals surface area (Å²) in [7, 11) is 0. The van der Waals surface area contributed by atoms with Crippen molar-refractivity contribution in [3.63, 3.8) is 0 Å². The molecule has 1 aromatic carbocycles. The standard InChI is InChI=1S/C8H9NO3/c9-6-2-8-7(11-4-12-8)1-5(6)3-10/h1-2,10H,3-4,9H2. The van der Waals surface area contributed by atoms with Crippen molar-refractivity contribution in [1.82, 2.24) is 0 Å². The summed E-state index contributed by atoms with van der Waals surface area (Å²) in [6.07, 6.45) is 0. The number of aliphatic hydroxyl groups excluding tert-OH is 1. The van der Waals surface area contributed by atoms with Gasteiger partial charge in [0.2, 0.25) is 6.79 Å².